The Morgan fingerprint density at radius 3 is 2.28 bits per heavy atom. The lowest BCUT2D eigenvalue weighted by molar-refractivity contribution is -0.145. The molecule has 2 aliphatic rings. The largest absolute Gasteiger partial charge is 0.497 e. The van der Waals surface area contributed by atoms with Crippen molar-refractivity contribution in [1.29, 1.82) is 0 Å². The van der Waals surface area contributed by atoms with Crippen molar-refractivity contribution >= 4 is 23.5 Å². The van der Waals surface area contributed by atoms with Crippen LogP contribution in [0.3, 0.4) is 0 Å². The molecule has 1 heterocycles. The van der Waals surface area contributed by atoms with Crippen molar-refractivity contribution in [3.05, 3.63) is 89.5 Å². The molecule has 0 atom stereocenters. The van der Waals surface area contributed by atoms with Gasteiger partial charge in [-0.1, -0.05) is 48.5 Å². The molecule has 2 amide bonds. The van der Waals surface area contributed by atoms with E-state index in [0.29, 0.717) is 36.6 Å². The number of benzene rings is 3. The van der Waals surface area contributed by atoms with Gasteiger partial charge in [0, 0.05) is 30.8 Å². The van der Waals surface area contributed by atoms with Crippen molar-refractivity contribution in [3.8, 4) is 22.6 Å². The zero-order valence-corrected chi connectivity index (χ0v) is 27.9. The highest BCUT2D eigenvalue weighted by atomic mass is 16.6. The molecule has 0 saturated heterocycles. The molecule has 0 spiro atoms. The number of esters is 1. The summed E-state index contributed by atoms with van der Waals surface area (Å²) >= 11 is 0. The Labute approximate surface area is 277 Å². The average molecular weight is 641 g/mol. The Balaban J connectivity index is 1.49. The molecule has 1 aliphatic carbocycles. The number of amides is 2. The van der Waals surface area contributed by atoms with Gasteiger partial charge in [0.25, 0.3) is 5.91 Å². The number of nitrogens with zero attached hydrogens (tertiary/aromatic N) is 2. The number of hydrogen-bond donors (Lipinski definition) is 0. The monoisotopic (exact) mass is 640 g/mol. The van der Waals surface area contributed by atoms with Crippen LogP contribution in [0.5, 0.6) is 11.5 Å². The summed E-state index contributed by atoms with van der Waals surface area (Å²) in [5.74, 6) is 0.421. The van der Waals surface area contributed by atoms with Gasteiger partial charge in [-0.25, -0.2) is 9.59 Å². The lowest BCUT2D eigenvalue weighted by Gasteiger charge is -2.34. The van der Waals surface area contributed by atoms with E-state index in [9.17, 15) is 14.4 Å². The molecule has 3 aromatic carbocycles. The minimum Gasteiger partial charge on any atom is -0.497 e. The van der Waals surface area contributed by atoms with Crippen LogP contribution in [0, 0.1) is 0 Å². The van der Waals surface area contributed by atoms with Gasteiger partial charge >= 0.3 is 12.1 Å². The SMILES string of the molecule is CCOC(=O)COc1cc(CN(C(=O)C2=C(c3cccc(-c4ccccc4)c3)CCN(C(=O)OC(C)(C)C)C2)C2CC2)cc(OC)c1. The summed E-state index contributed by atoms with van der Waals surface area (Å²) in [6.07, 6.45) is 1.87. The molecule has 0 radical (unpaired) electrons. The van der Waals surface area contributed by atoms with Crippen LogP contribution in [0.2, 0.25) is 0 Å². The second-order valence-electron chi connectivity index (χ2n) is 12.8. The summed E-state index contributed by atoms with van der Waals surface area (Å²) in [4.78, 5) is 43.3. The van der Waals surface area contributed by atoms with Crippen LogP contribution in [0.15, 0.2) is 78.4 Å². The lowest BCUT2D eigenvalue weighted by Crippen LogP contribution is -2.44. The quantitative estimate of drug-likeness (QED) is 0.211. The van der Waals surface area contributed by atoms with Crippen molar-refractivity contribution in [2.24, 2.45) is 0 Å². The van der Waals surface area contributed by atoms with Crippen LogP contribution in [0.4, 0.5) is 4.79 Å². The van der Waals surface area contributed by atoms with E-state index >= 15 is 0 Å². The Morgan fingerprint density at radius 1 is 0.894 bits per heavy atom. The van der Waals surface area contributed by atoms with Gasteiger partial charge in [-0.05, 0) is 93.0 Å². The van der Waals surface area contributed by atoms with Crippen molar-refractivity contribution in [2.75, 3.05) is 33.4 Å². The molecule has 0 bridgehead atoms. The van der Waals surface area contributed by atoms with E-state index in [-0.39, 0.29) is 31.7 Å². The molecule has 9 heteroatoms. The summed E-state index contributed by atoms with van der Waals surface area (Å²) in [5.41, 5.74) is 4.77. The minimum absolute atomic E-state index is 0.0684. The molecule has 9 nitrogen and oxygen atoms in total. The first-order valence-electron chi connectivity index (χ1n) is 16.2. The molecule has 3 aromatic rings. The second kappa shape index (κ2) is 14.8. The zero-order valence-electron chi connectivity index (χ0n) is 27.9. The highest BCUT2D eigenvalue weighted by Crippen LogP contribution is 2.36. The Kier molecular flexibility index (Phi) is 10.5. The van der Waals surface area contributed by atoms with Crippen LogP contribution in [-0.2, 0) is 25.6 Å². The molecule has 1 saturated carbocycles. The third-order valence-electron chi connectivity index (χ3n) is 8.01. The number of carbonyl (C=O) groups excluding carboxylic acids is 3. The van der Waals surface area contributed by atoms with Crippen molar-refractivity contribution in [1.82, 2.24) is 9.80 Å². The van der Waals surface area contributed by atoms with Gasteiger partial charge < -0.3 is 28.7 Å². The lowest BCUT2D eigenvalue weighted by atomic mass is 9.90. The number of carbonyl (C=O) groups is 3. The van der Waals surface area contributed by atoms with Gasteiger partial charge in [0.2, 0.25) is 0 Å². The van der Waals surface area contributed by atoms with E-state index in [1.165, 1.54) is 0 Å². The number of hydrogen-bond acceptors (Lipinski definition) is 7. The molecule has 1 fully saturated rings. The van der Waals surface area contributed by atoms with E-state index in [1.54, 1.807) is 25.0 Å². The third-order valence-corrected chi connectivity index (χ3v) is 8.01. The average Bonchev–Trinajstić information content (AvgIpc) is 3.91. The summed E-state index contributed by atoms with van der Waals surface area (Å²) < 4.78 is 21.9. The maximum atomic E-state index is 14.7. The normalized spacial score (nSPS) is 14.8. The summed E-state index contributed by atoms with van der Waals surface area (Å²) in [7, 11) is 1.56. The molecule has 47 heavy (non-hydrogen) atoms. The topological polar surface area (TPSA) is 94.6 Å². The maximum Gasteiger partial charge on any atom is 0.410 e. The highest BCUT2D eigenvalue weighted by Gasteiger charge is 2.38. The number of rotatable bonds is 11. The zero-order chi connectivity index (χ0) is 33.6. The fourth-order valence-corrected chi connectivity index (χ4v) is 5.67. The summed E-state index contributed by atoms with van der Waals surface area (Å²) in [6, 6.07) is 23.8. The van der Waals surface area contributed by atoms with Crippen LogP contribution in [0.25, 0.3) is 16.7 Å². The van der Waals surface area contributed by atoms with Crippen LogP contribution in [0.1, 0.15) is 58.1 Å². The van der Waals surface area contributed by atoms with E-state index in [2.05, 4.69) is 24.3 Å². The molecular weight excluding hydrogens is 596 g/mol. The third kappa shape index (κ3) is 8.93. The van der Waals surface area contributed by atoms with Crippen LogP contribution < -0.4 is 9.47 Å². The molecular formula is C38H44N2O7. The first kappa shape index (κ1) is 33.6. The fourth-order valence-electron chi connectivity index (χ4n) is 5.67. The predicted molar refractivity (Wildman–Crippen MR) is 180 cm³/mol. The van der Waals surface area contributed by atoms with E-state index < -0.39 is 17.7 Å². The van der Waals surface area contributed by atoms with Crippen LogP contribution in [-0.4, -0.2) is 72.8 Å². The molecule has 1 aliphatic heterocycles. The van der Waals surface area contributed by atoms with E-state index in [0.717, 1.165) is 40.7 Å². The Morgan fingerprint density at radius 2 is 1.60 bits per heavy atom. The summed E-state index contributed by atoms with van der Waals surface area (Å²) in [5, 5.41) is 0. The highest BCUT2D eigenvalue weighted by molar-refractivity contribution is 6.03. The molecule has 0 aromatic heterocycles. The van der Waals surface area contributed by atoms with Gasteiger partial charge in [0.05, 0.1) is 20.3 Å². The molecule has 248 valence electrons. The Bertz CT molecular complexity index is 1620. The smallest absolute Gasteiger partial charge is 0.410 e. The number of methoxy groups -OCH3 is 1. The van der Waals surface area contributed by atoms with Crippen molar-refractivity contribution < 1.29 is 33.3 Å². The van der Waals surface area contributed by atoms with E-state index in [1.807, 2.05) is 68.1 Å². The van der Waals surface area contributed by atoms with Crippen LogP contribution >= 0.6 is 0 Å². The predicted octanol–water partition coefficient (Wildman–Crippen LogP) is 6.89. The second-order valence-corrected chi connectivity index (χ2v) is 12.8. The standard InChI is InChI=1S/C38H44N2O7/c1-6-45-35(41)25-46-32-20-26(19-31(22-32)44-5)23-40(30-15-16-30)36(42)34-24-39(37(43)47-38(2,3)4)18-17-33(34)29-14-10-13-28(21-29)27-11-8-7-9-12-27/h7-14,19-22,30H,6,15-18,23-25H2,1-5H3. The first-order chi connectivity index (χ1) is 22.5. The molecule has 5 rings (SSSR count). The molecule has 0 unspecified atom stereocenters. The van der Waals surface area contributed by atoms with Gasteiger partial charge in [-0.3, -0.25) is 4.79 Å². The van der Waals surface area contributed by atoms with E-state index in [4.69, 9.17) is 18.9 Å². The van der Waals surface area contributed by atoms with Crippen molar-refractivity contribution in [2.45, 2.75) is 65.1 Å². The number of ether oxygens (including phenoxy) is 4. The Hall–Kier alpha value is -4.79. The molecule has 0 N–H and O–H groups in total. The fraction of sp³-hybridized carbons (Fsp3) is 0.395. The maximum absolute atomic E-state index is 14.7. The van der Waals surface area contributed by atoms with Crippen molar-refractivity contribution in [3.63, 3.8) is 0 Å². The van der Waals surface area contributed by atoms with Gasteiger partial charge in [0.15, 0.2) is 6.61 Å². The van der Waals surface area contributed by atoms with Gasteiger partial charge in [0.1, 0.15) is 17.1 Å². The van der Waals surface area contributed by atoms with Gasteiger partial charge in [-0.2, -0.15) is 0 Å². The van der Waals surface area contributed by atoms with Gasteiger partial charge in [-0.15, -0.1) is 0 Å². The minimum atomic E-state index is -0.658. The summed E-state index contributed by atoms with van der Waals surface area (Å²) in [6.45, 7) is 8.19. The first-order valence-corrected chi connectivity index (χ1v) is 16.2.